The highest BCUT2D eigenvalue weighted by molar-refractivity contribution is 7.89. The summed E-state index contributed by atoms with van der Waals surface area (Å²) in [6, 6.07) is 8.10. The number of carbonyl (C=O) groups excluding carboxylic acids is 1. The molecular weight excluding hydrogens is 276 g/mol. The number of benzene rings is 1. The molecule has 1 aliphatic heterocycles. The molecule has 1 aliphatic rings. The standard InChI is InChI=1S/C14H16N2O3S/c1-11(17)14(2)9-8-12(10-15-14)16-20(18,19)13-6-4-3-5-7-13/h3-10,15-16H,1-2H3. The zero-order valence-electron chi connectivity index (χ0n) is 11.3. The highest BCUT2D eigenvalue weighted by Gasteiger charge is 2.28. The van der Waals surface area contributed by atoms with Gasteiger partial charge in [-0.1, -0.05) is 18.2 Å². The Morgan fingerprint density at radius 3 is 2.40 bits per heavy atom. The van der Waals surface area contributed by atoms with Gasteiger partial charge in [0.15, 0.2) is 5.78 Å². The molecule has 1 aromatic carbocycles. The Labute approximate surface area is 118 Å². The summed E-state index contributed by atoms with van der Waals surface area (Å²) in [6.45, 7) is 3.20. The summed E-state index contributed by atoms with van der Waals surface area (Å²) in [5, 5.41) is 2.89. The average Bonchev–Trinajstić information content (AvgIpc) is 2.42. The Balaban J connectivity index is 2.16. The van der Waals surface area contributed by atoms with Gasteiger partial charge in [-0.25, -0.2) is 8.42 Å². The third-order valence-corrected chi connectivity index (χ3v) is 4.56. The maximum Gasteiger partial charge on any atom is 0.261 e. The first-order chi connectivity index (χ1) is 9.33. The Morgan fingerprint density at radius 2 is 1.90 bits per heavy atom. The molecule has 0 saturated heterocycles. The molecular formula is C14H16N2O3S. The maximum atomic E-state index is 12.1. The van der Waals surface area contributed by atoms with Gasteiger partial charge in [-0.3, -0.25) is 9.52 Å². The molecule has 1 aromatic rings. The Hall–Kier alpha value is -2.08. The summed E-state index contributed by atoms with van der Waals surface area (Å²) in [5.41, 5.74) is -0.408. The van der Waals surface area contributed by atoms with E-state index < -0.39 is 15.6 Å². The third kappa shape index (κ3) is 2.91. The van der Waals surface area contributed by atoms with Crippen LogP contribution in [0.5, 0.6) is 0 Å². The summed E-state index contributed by atoms with van der Waals surface area (Å²) >= 11 is 0. The molecule has 5 nitrogen and oxygen atoms in total. The van der Waals surface area contributed by atoms with Crippen molar-refractivity contribution in [2.75, 3.05) is 0 Å². The van der Waals surface area contributed by atoms with E-state index in [1.54, 1.807) is 37.3 Å². The van der Waals surface area contributed by atoms with E-state index >= 15 is 0 Å². The number of allylic oxidation sites excluding steroid dienone is 1. The van der Waals surface area contributed by atoms with Crippen LogP contribution in [0, 0.1) is 0 Å². The molecule has 0 saturated carbocycles. The first-order valence-corrected chi connectivity index (χ1v) is 7.58. The van der Waals surface area contributed by atoms with Gasteiger partial charge in [-0.15, -0.1) is 0 Å². The van der Waals surface area contributed by atoms with Crippen LogP contribution in [-0.4, -0.2) is 19.7 Å². The number of ketones is 1. The molecule has 1 unspecified atom stereocenters. The van der Waals surface area contributed by atoms with Crippen molar-refractivity contribution in [2.24, 2.45) is 0 Å². The number of hydrogen-bond donors (Lipinski definition) is 2. The Bertz CT molecular complexity index is 678. The number of hydrogen-bond acceptors (Lipinski definition) is 4. The fraction of sp³-hybridized carbons (Fsp3) is 0.214. The second-order valence-corrected chi connectivity index (χ2v) is 6.44. The fourth-order valence-corrected chi connectivity index (χ4v) is 2.75. The van der Waals surface area contributed by atoms with Crippen LogP contribution in [0.1, 0.15) is 13.8 Å². The molecule has 2 N–H and O–H groups in total. The molecule has 1 atom stereocenters. The van der Waals surface area contributed by atoms with Crippen molar-refractivity contribution >= 4 is 15.8 Å². The first kappa shape index (κ1) is 14.3. The lowest BCUT2D eigenvalue weighted by Gasteiger charge is -2.27. The van der Waals surface area contributed by atoms with Crippen LogP contribution in [0.2, 0.25) is 0 Å². The van der Waals surface area contributed by atoms with E-state index in [0.717, 1.165) is 0 Å². The van der Waals surface area contributed by atoms with Gasteiger partial charge in [-0.2, -0.15) is 0 Å². The SMILES string of the molecule is CC(=O)C1(C)C=CC(NS(=O)(=O)c2ccccc2)=CN1. The minimum absolute atomic E-state index is 0.0463. The molecule has 6 heteroatoms. The van der Waals surface area contributed by atoms with Gasteiger partial charge in [0.1, 0.15) is 5.54 Å². The molecule has 0 bridgehead atoms. The average molecular weight is 292 g/mol. The number of rotatable bonds is 4. The molecule has 0 aliphatic carbocycles. The third-order valence-electron chi connectivity index (χ3n) is 3.16. The van der Waals surface area contributed by atoms with Crippen molar-refractivity contribution in [1.29, 1.82) is 0 Å². The lowest BCUT2D eigenvalue weighted by molar-refractivity contribution is -0.120. The monoisotopic (exact) mass is 292 g/mol. The number of dihydropyridines is 1. The molecule has 0 fully saturated rings. The normalized spacial score (nSPS) is 21.8. The van der Waals surface area contributed by atoms with E-state index in [0.29, 0.717) is 5.70 Å². The number of nitrogens with one attached hydrogen (secondary N) is 2. The van der Waals surface area contributed by atoms with Crippen LogP contribution in [0.15, 0.2) is 59.3 Å². The molecule has 2 rings (SSSR count). The predicted molar refractivity (Wildman–Crippen MR) is 76.2 cm³/mol. The van der Waals surface area contributed by atoms with E-state index in [4.69, 9.17) is 0 Å². The smallest absolute Gasteiger partial charge is 0.261 e. The lowest BCUT2D eigenvalue weighted by Crippen LogP contribution is -2.46. The van der Waals surface area contributed by atoms with Gasteiger partial charge in [0.2, 0.25) is 0 Å². The minimum Gasteiger partial charge on any atom is -0.374 e. The molecule has 0 amide bonds. The van der Waals surface area contributed by atoms with Crippen LogP contribution < -0.4 is 10.0 Å². The summed E-state index contributed by atoms with van der Waals surface area (Å²) < 4.78 is 26.7. The molecule has 106 valence electrons. The van der Waals surface area contributed by atoms with Gasteiger partial charge < -0.3 is 5.32 Å². The van der Waals surface area contributed by atoms with Gasteiger partial charge in [0.05, 0.1) is 10.6 Å². The molecule has 20 heavy (non-hydrogen) atoms. The highest BCUT2D eigenvalue weighted by atomic mass is 32.2. The number of carbonyl (C=O) groups is 1. The molecule has 0 radical (unpaired) electrons. The van der Waals surface area contributed by atoms with Crippen molar-refractivity contribution in [2.45, 2.75) is 24.3 Å². The van der Waals surface area contributed by atoms with Crippen molar-refractivity contribution < 1.29 is 13.2 Å². The van der Waals surface area contributed by atoms with E-state index in [-0.39, 0.29) is 10.7 Å². The number of sulfonamides is 1. The summed E-state index contributed by atoms with van der Waals surface area (Å²) in [6.07, 6.45) is 4.71. The van der Waals surface area contributed by atoms with E-state index in [9.17, 15) is 13.2 Å². The van der Waals surface area contributed by atoms with Crippen molar-refractivity contribution in [3.63, 3.8) is 0 Å². The van der Waals surface area contributed by atoms with Gasteiger partial charge in [0, 0.05) is 6.20 Å². The van der Waals surface area contributed by atoms with Crippen molar-refractivity contribution in [1.82, 2.24) is 10.0 Å². The van der Waals surface area contributed by atoms with E-state index in [1.165, 1.54) is 25.3 Å². The Morgan fingerprint density at radius 1 is 1.25 bits per heavy atom. The van der Waals surface area contributed by atoms with Gasteiger partial charge in [0.25, 0.3) is 10.0 Å². The van der Waals surface area contributed by atoms with Crippen LogP contribution in [-0.2, 0) is 14.8 Å². The van der Waals surface area contributed by atoms with Crippen LogP contribution in [0.4, 0.5) is 0 Å². The van der Waals surface area contributed by atoms with Crippen LogP contribution in [0.25, 0.3) is 0 Å². The van der Waals surface area contributed by atoms with Crippen molar-refractivity contribution in [3.8, 4) is 0 Å². The first-order valence-electron chi connectivity index (χ1n) is 6.09. The highest BCUT2D eigenvalue weighted by Crippen LogP contribution is 2.16. The van der Waals surface area contributed by atoms with Crippen molar-refractivity contribution in [3.05, 3.63) is 54.4 Å². The predicted octanol–water partition coefficient (Wildman–Crippen LogP) is 1.31. The molecule has 0 spiro atoms. The summed E-state index contributed by atoms with van der Waals surface area (Å²) in [4.78, 5) is 11.6. The summed E-state index contributed by atoms with van der Waals surface area (Å²) in [7, 11) is -3.61. The Kier molecular flexibility index (Phi) is 3.67. The second kappa shape index (κ2) is 5.13. The van der Waals surface area contributed by atoms with Crippen LogP contribution in [0.3, 0.4) is 0 Å². The quantitative estimate of drug-likeness (QED) is 0.877. The van der Waals surface area contributed by atoms with Gasteiger partial charge in [-0.05, 0) is 38.1 Å². The zero-order valence-corrected chi connectivity index (χ0v) is 12.1. The summed E-state index contributed by atoms with van der Waals surface area (Å²) in [5.74, 6) is -0.0463. The topological polar surface area (TPSA) is 75.3 Å². The maximum absolute atomic E-state index is 12.1. The number of Topliss-reactive ketones (excluding diaryl/α,β-unsaturated/α-hetero) is 1. The van der Waals surface area contributed by atoms with E-state index in [2.05, 4.69) is 10.0 Å². The molecule has 1 heterocycles. The molecule has 0 aromatic heterocycles. The van der Waals surface area contributed by atoms with Gasteiger partial charge >= 0.3 is 0 Å². The largest absolute Gasteiger partial charge is 0.374 e. The lowest BCUT2D eigenvalue weighted by atomic mass is 9.95. The van der Waals surface area contributed by atoms with E-state index in [1.807, 2.05) is 0 Å². The fourth-order valence-electron chi connectivity index (χ4n) is 1.68. The van der Waals surface area contributed by atoms with Crippen LogP contribution >= 0.6 is 0 Å². The second-order valence-electron chi connectivity index (χ2n) is 4.75. The zero-order chi connectivity index (χ0) is 14.8. The minimum atomic E-state index is -3.61.